The van der Waals surface area contributed by atoms with E-state index < -0.39 is 0 Å². The highest BCUT2D eigenvalue weighted by molar-refractivity contribution is 5.84. The monoisotopic (exact) mass is 259 g/mol. The van der Waals surface area contributed by atoms with Gasteiger partial charge in [0.25, 0.3) is 0 Å². The van der Waals surface area contributed by atoms with Gasteiger partial charge in [0.05, 0.1) is 12.1 Å². The lowest BCUT2D eigenvalue weighted by Crippen LogP contribution is -2.40. The molecule has 3 rings (SSSR count). The van der Waals surface area contributed by atoms with Crippen LogP contribution in [-0.4, -0.2) is 16.2 Å². The minimum Gasteiger partial charge on any atom is -0.492 e. The fourth-order valence-corrected chi connectivity index (χ4v) is 3.18. The number of nitrogen functional groups attached to an aromatic ring is 1. The molecular formula is C15H21N3O. The van der Waals surface area contributed by atoms with Crippen LogP contribution >= 0.6 is 0 Å². The van der Waals surface area contributed by atoms with Crippen molar-refractivity contribution < 1.29 is 4.74 Å². The van der Waals surface area contributed by atoms with E-state index in [0.717, 1.165) is 23.2 Å². The average Bonchev–Trinajstić information content (AvgIpc) is 2.68. The van der Waals surface area contributed by atoms with Crippen LogP contribution < -0.4 is 10.5 Å². The van der Waals surface area contributed by atoms with E-state index in [2.05, 4.69) is 22.5 Å². The molecule has 1 aliphatic carbocycles. The topological polar surface area (TPSA) is 53.1 Å². The molecule has 1 heterocycles. The van der Waals surface area contributed by atoms with E-state index in [4.69, 9.17) is 10.5 Å². The fraction of sp³-hybridized carbons (Fsp3) is 0.533. The van der Waals surface area contributed by atoms with Crippen molar-refractivity contribution in [2.45, 2.75) is 45.1 Å². The van der Waals surface area contributed by atoms with E-state index in [9.17, 15) is 0 Å². The maximum Gasteiger partial charge on any atom is 0.201 e. The largest absolute Gasteiger partial charge is 0.492 e. The van der Waals surface area contributed by atoms with E-state index in [0.29, 0.717) is 12.6 Å². The number of nitrogens with two attached hydrogens (primary N) is 1. The molecule has 0 aliphatic heterocycles. The zero-order chi connectivity index (χ0) is 13.5. The molecule has 4 heteroatoms. The summed E-state index contributed by atoms with van der Waals surface area (Å²) in [6, 6.07) is 6.08. The van der Waals surface area contributed by atoms with Gasteiger partial charge < -0.3 is 15.0 Å². The summed E-state index contributed by atoms with van der Waals surface area (Å²) < 4.78 is 7.88. The van der Waals surface area contributed by atoms with Gasteiger partial charge in [0.1, 0.15) is 11.3 Å². The Hall–Kier alpha value is -1.71. The summed E-state index contributed by atoms with van der Waals surface area (Å²) in [6.07, 6.45) is 4.76. The highest BCUT2D eigenvalue weighted by Gasteiger charge is 2.39. The first-order valence-corrected chi connectivity index (χ1v) is 7.12. The number of anilines is 1. The molecule has 1 fully saturated rings. The first kappa shape index (κ1) is 12.3. The Morgan fingerprint density at radius 1 is 1.37 bits per heavy atom. The molecule has 1 saturated carbocycles. The van der Waals surface area contributed by atoms with Gasteiger partial charge in [-0.05, 0) is 44.7 Å². The van der Waals surface area contributed by atoms with Crippen LogP contribution in [0.3, 0.4) is 0 Å². The van der Waals surface area contributed by atoms with Crippen molar-refractivity contribution in [1.82, 2.24) is 9.55 Å². The third-order valence-electron chi connectivity index (χ3n) is 4.39. The van der Waals surface area contributed by atoms with Crippen LogP contribution in [0.4, 0.5) is 5.95 Å². The third kappa shape index (κ3) is 1.70. The second-order valence-electron chi connectivity index (χ2n) is 5.29. The Bertz CT molecular complexity index is 593. The molecular weight excluding hydrogens is 238 g/mol. The average molecular weight is 259 g/mol. The van der Waals surface area contributed by atoms with E-state index >= 15 is 0 Å². The SMILES string of the molecule is CCOc1cccc2c1nc(N)n2C1(CC)CCC1. The number of nitrogens with zero attached hydrogens (tertiary/aromatic N) is 2. The lowest BCUT2D eigenvalue weighted by atomic mass is 9.74. The number of para-hydroxylation sites is 1. The van der Waals surface area contributed by atoms with Crippen LogP contribution in [0.25, 0.3) is 11.0 Å². The van der Waals surface area contributed by atoms with E-state index in [1.165, 1.54) is 19.3 Å². The molecule has 0 unspecified atom stereocenters. The smallest absolute Gasteiger partial charge is 0.201 e. The molecule has 2 aromatic rings. The van der Waals surface area contributed by atoms with Gasteiger partial charge in [0.2, 0.25) is 5.95 Å². The molecule has 1 aromatic carbocycles. The van der Waals surface area contributed by atoms with Gasteiger partial charge in [-0.3, -0.25) is 0 Å². The number of benzene rings is 1. The summed E-state index contributed by atoms with van der Waals surface area (Å²) >= 11 is 0. The molecule has 0 atom stereocenters. The van der Waals surface area contributed by atoms with Gasteiger partial charge >= 0.3 is 0 Å². The van der Waals surface area contributed by atoms with E-state index in [1.54, 1.807) is 0 Å². The number of imidazole rings is 1. The second kappa shape index (κ2) is 4.44. The minimum absolute atomic E-state index is 0.170. The van der Waals surface area contributed by atoms with Crippen molar-refractivity contribution in [3.63, 3.8) is 0 Å². The van der Waals surface area contributed by atoms with Crippen LogP contribution in [-0.2, 0) is 5.54 Å². The van der Waals surface area contributed by atoms with E-state index in [1.807, 2.05) is 19.1 Å². The van der Waals surface area contributed by atoms with Crippen LogP contribution in [0.15, 0.2) is 18.2 Å². The molecule has 0 saturated heterocycles. The highest BCUT2D eigenvalue weighted by atomic mass is 16.5. The normalized spacial score (nSPS) is 17.4. The molecule has 0 amide bonds. The summed E-state index contributed by atoms with van der Waals surface area (Å²) in [5.41, 5.74) is 8.35. The molecule has 1 aromatic heterocycles. The molecule has 0 spiro atoms. The zero-order valence-corrected chi connectivity index (χ0v) is 11.6. The first-order chi connectivity index (χ1) is 9.22. The Balaban J connectivity index is 2.20. The van der Waals surface area contributed by atoms with Crippen molar-refractivity contribution in [2.24, 2.45) is 0 Å². The Morgan fingerprint density at radius 2 is 2.16 bits per heavy atom. The van der Waals surface area contributed by atoms with Crippen molar-refractivity contribution in [2.75, 3.05) is 12.3 Å². The summed E-state index contributed by atoms with van der Waals surface area (Å²) in [5.74, 6) is 1.44. The number of hydrogen-bond donors (Lipinski definition) is 1. The molecule has 1 aliphatic rings. The van der Waals surface area contributed by atoms with Gasteiger partial charge in [0.15, 0.2) is 0 Å². The number of ether oxygens (including phenoxy) is 1. The molecule has 2 N–H and O–H groups in total. The van der Waals surface area contributed by atoms with Gasteiger partial charge in [0, 0.05) is 5.54 Å². The third-order valence-corrected chi connectivity index (χ3v) is 4.39. The lowest BCUT2D eigenvalue weighted by Gasteiger charge is -2.43. The molecule has 4 nitrogen and oxygen atoms in total. The predicted octanol–water partition coefficient (Wildman–Crippen LogP) is 3.31. The van der Waals surface area contributed by atoms with Crippen LogP contribution in [0.2, 0.25) is 0 Å². The van der Waals surface area contributed by atoms with Crippen molar-refractivity contribution in [3.8, 4) is 5.75 Å². The first-order valence-electron chi connectivity index (χ1n) is 7.12. The fourth-order valence-electron chi connectivity index (χ4n) is 3.18. The van der Waals surface area contributed by atoms with Gasteiger partial charge in [-0.25, -0.2) is 4.98 Å². The minimum atomic E-state index is 0.170. The summed E-state index contributed by atoms with van der Waals surface area (Å²) in [5, 5.41) is 0. The van der Waals surface area contributed by atoms with Gasteiger partial charge in [-0.1, -0.05) is 13.0 Å². The number of hydrogen-bond acceptors (Lipinski definition) is 3. The van der Waals surface area contributed by atoms with E-state index in [-0.39, 0.29) is 5.54 Å². The Morgan fingerprint density at radius 3 is 2.74 bits per heavy atom. The molecule has 19 heavy (non-hydrogen) atoms. The summed E-state index contributed by atoms with van der Waals surface area (Å²) in [7, 11) is 0. The zero-order valence-electron chi connectivity index (χ0n) is 11.6. The quantitative estimate of drug-likeness (QED) is 0.916. The van der Waals surface area contributed by atoms with Crippen LogP contribution in [0.1, 0.15) is 39.5 Å². The Kier molecular flexibility index (Phi) is 2.88. The number of aromatic nitrogens is 2. The second-order valence-corrected chi connectivity index (χ2v) is 5.29. The van der Waals surface area contributed by atoms with Crippen LogP contribution in [0, 0.1) is 0 Å². The molecule has 102 valence electrons. The highest BCUT2D eigenvalue weighted by Crippen LogP contribution is 2.45. The van der Waals surface area contributed by atoms with Gasteiger partial charge in [-0.15, -0.1) is 0 Å². The molecule has 0 bridgehead atoms. The summed E-state index contributed by atoms with van der Waals surface area (Å²) in [6.45, 7) is 4.86. The number of rotatable bonds is 4. The standard InChI is InChI=1S/C15H21N3O/c1-3-15(9-6-10-15)18-11-7-5-8-12(19-4-2)13(11)17-14(18)16/h5,7-8H,3-4,6,9-10H2,1-2H3,(H2,16,17). The Labute approximate surface area is 113 Å². The number of fused-ring (bicyclic) bond motifs is 1. The van der Waals surface area contributed by atoms with Crippen molar-refractivity contribution in [1.29, 1.82) is 0 Å². The van der Waals surface area contributed by atoms with Crippen LogP contribution in [0.5, 0.6) is 5.75 Å². The summed E-state index contributed by atoms with van der Waals surface area (Å²) in [4.78, 5) is 4.54. The predicted molar refractivity (Wildman–Crippen MR) is 77.4 cm³/mol. The lowest BCUT2D eigenvalue weighted by molar-refractivity contribution is 0.144. The maximum atomic E-state index is 6.19. The molecule has 0 radical (unpaired) electrons. The van der Waals surface area contributed by atoms with Gasteiger partial charge in [-0.2, -0.15) is 0 Å². The van der Waals surface area contributed by atoms with Crippen molar-refractivity contribution in [3.05, 3.63) is 18.2 Å². The maximum absolute atomic E-state index is 6.19. The van der Waals surface area contributed by atoms with Crippen molar-refractivity contribution >= 4 is 17.0 Å².